The number of halogens is 1. The van der Waals surface area contributed by atoms with Crippen LogP contribution >= 0.6 is 11.6 Å². The Bertz CT molecular complexity index is 1570. The molecule has 1 heterocycles. The summed E-state index contributed by atoms with van der Waals surface area (Å²) in [4.78, 5) is 16.1. The molecule has 1 aliphatic carbocycles. The van der Waals surface area contributed by atoms with Gasteiger partial charge in [0.2, 0.25) is 10.0 Å². The van der Waals surface area contributed by atoms with E-state index in [9.17, 15) is 18.3 Å². The number of nitrogens with zero attached hydrogens (tertiary/aromatic N) is 1. The first-order valence-corrected chi connectivity index (χ1v) is 14.8. The first-order valence-electron chi connectivity index (χ1n) is 12.9. The molecule has 0 bridgehead atoms. The van der Waals surface area contributed by atoms with E-state index in [1.54, 1.807) is 18.3 Å². The zero-order valence-corrected chi connectivity index (χ0v) is 22.9. The predicted molar refractivity (Wildman–Crippen MR) is 152 cm³/mol. The lowest BCUT2D eigenvalue weighted by atomic mass is 9.78. The van der Waals surface area contributed by atoms with Crippen molar-refractivity contribution < 1.29 is 18.3 Å². The van der Waals surface area contributed by atoms with Gasteiger partial charge in [-0.15, -0.1) is 0 Å². The molecule has 8 heteroatoms. The molecule has 0 fully saturated rings. The average molecular weight is 561 g/mol. The highest BCUT2D eigenvalue weighted by atomic mass is 35.5. The fourth-order valence-corrected chi connectivity index (χ4v) is 6.82. The number of pyridine rings is 1. The Hall–Kier alpha value is -3.52. The van der Waals surface area contributed by atoms with E-state index < -0.39 is 16.0 Å². The average Bonchev–Trinajstić information content (AvgIpc) is 2.92. The molecule has 0 amide bonds. The number of benzene rings is 3. The molecule has 0 saturated heterocycles. The fourth-order valence-electron chi connectivity index (χ4n) is 5.42. The first-order chi connectivity index (χ1) is 18.8. The van der Waals surface area contributed by atoms with Crippen molar-refractivity contribution in [1.29, 1.82) is 0 Å². The summed E-state index contributed by atoms with van der Waals surface area (Å²) in [7, 11) is -3.72. The van der Waals surface area contributed by atoms with Crippen LogP contribution in [0.25, 0.3) is 11.1 Å². The Morgan fingerprint density at radius 3 is 2.51 bits per heavy atom. The third kappa shape index (κ3) is 6.38. The van der Waals surface area contributed by atoms with Gasteiger partial charge in [-0.3, -0.25) is 9.78 Å². The molecule has 6 nitrogen and oxygen atoms in total. The van der Waals surface area contributed by atoms with Gasteiger partial charge in [-0.2, -0.15) is 0 Å². The van der Waals surface area contributed by atoms with Crippen molar-refractivity contribution in [3.8, 4) is 11.1 Å². The fraction of sp³-hybridized carbons (Fsp3) is 0.226. The number of hydrogen-bond donors (Lipinski definition) is 2. The molecular weight excluding hydrogens is 532 g/mol. The Morgan fingerprint density at radius 1 is 1.05 bits per heavy atom. The van der Waals surface area contributed by atoms with E-state index in [0.717, 1.165) is 38.9 Å². The van der Waals surface area contributed by atoms with Gasteiger partial charge in [0.1, 0.15) is 0 Å². The van der Waals surface area contributed by atoms with Crippen LogP contribution < -0.4 is 4.72 Å². The van der Waals surface area contributed by atoms with Crippen LogP contribution in [-0.2, 0) is 40.5 Å². The number of rotatable bonds is 9. The van der Waals surface area contributed by atoms with Gasteiger partial charge in [0, 0.05) is 29.9 Å². The molecule has 39 heavy (non-hydrogen) atoms. The van der Waals surface area contributed by atoms with E-state index in [4.69, 9.17) is 11.6 Å². The molecule has 5 rings (SSSR count). The molecule has 0 aliphatic heterocycles. The number of fused-ring (bicyclic) bond motifs is 1. The number of carboxylic acids is 1. The largest absolute Gasteiger partial charge is 0.481 e. The third-order valence-electron chi connectivity index (χ3n) is 7.15. The van der Waals surface area contributed by atoms with Crippen LogP contribution in [0.1, 0.15) is 40.7 Å². The molecule has 1 unspecified atom stereocenters. The molecule has 1 aliphatic rings. The predicted octanol–water partition coefficient (Wildman–Crippen LogP) is 5.85. The number of aliphatic carboxylic acids is 1. The van der Waals surface area contributed by atoms with Crippen molar-refractivity contribution in [3.63, 3.8) is 0 Å². The normalized spacial score (nSPS) is 15.1. The summed E-state index contributed by atoms with van der Waals surface area (Å²) < 4.78 is 29.1. The summed E-state index contributed by atoms with van der Waals surface area (Å²) in [6.07, 6.45) is 6.45. The zero-order chi connectivity index (χ0) is 27.4. The van der Waals surface area contributed by atoms with Gasteiger partial charge in [0.25, 0.3) is 0 Å². The smallest absolute Gasteiger partial charge is 0.303 e. The number of carbonyl (C=O) groups is 1. The van der Waals surface area contributed by atoms with E-state index in [1.165, 1.54) is 12.1 Å². The lowest BCUT2D eigenvalue weighted by molar-refractivity contribution is -0.136. The summed E-state index contributed by atoms with van der Waals surface area (Å²) in [5.41, 5.74) is 7.48. The highest BCUT2D eigenvalue weighted by molar-refractivity contribution is 7.89. The summed E-state index contributed by atoms with van der Waals surface area (Å²) in [6.45, 7) is 0. The van der Waals surface area contributed by atoms with Crippen LogP contribution in [0.2, 0.25) is 5.02 Å². The maximum Gasteiger partial charge on any atom is 0.303 e. The standard InChI is InChI=1S/C31H29ClN2O4S/c32-25-8-11-27(12-9-25)39(37,38)34-26-10-13-28-23(19-26)18-24(17-21-5-4-16-33-20-21)31(22-6-2-1-3-7-22)29(28)14-15-30(35)36/h1-9,11-12,16,18,20,26,34H,10,13-15,17,19H2,(H,35,36). The second kappa shape index (κ2) is 11.7. The van der Waals surface area contributed by atoms with Crippen molar-refractivity contribution in [2.75, 3.05) is 0 Å². The van der Waals surface area contributed by atoms with E-state index >= 15 is 0 Å². The van der Waals surface area contributed by atoms with Crippen molar-refractivity contribution in [1.82, 2.24) is 9.71 Å². The Morgan fingerprint density at radius 2 is 1.82 bits per heavy atom. The van der Waals surface area contributed by atoms with Crippen molar-refractivity contribution in [2.24, 2.45) is 0 Å². The van der Waals surface area contributed by atoms with Gasteiger partial charge in [-0.25, -0.2) is 13.1 Å². The minimum Gasteiger partial charge on any atom is -0.481 e. The van der Waals surface area contributed by atoms with Crippen LogP contribution in [0.4, 0.5) is 0 Å². The maximum absolute atomic E-state index is 13.1. The number of carboxylic acid groups (broad SMARTS) is 1. The van der Waals surface area contributed by atoms with E-state index in [-0.39, 0.29) is 17.4 Å². The minimum atomic E-state index is -3.72. The third-order valence-corrected chi connectivity index (χ3v) is 8.94. The van der Waals surface area contributed by atoms with Crippen molar-refractivity contribution in [3.05, 3.63) is 118 Å². The van der Waals surface area contributed by atoms with E-state index in [2.05, 4.69) is 27.9 Å². The maximum atomic E-state index is 13.1. The summed E-state index contributed by atoms with van der Waals surface area (Å²) in [5.74, 6) is -0.843. The summed E-state index contributed by atoms with van der Waals surface area (Å²) in [6, 6.07) is 22.0. The lowest BCUT2D eigenvalue weighted by Gasteiger charge is -2.30. The number of sulfonamides is 1. The molecule has 0 radical (unpaired) electrons. The first kappa shape index (κ1) is 27.1. The molecule has 0 spiro atoms. The van der Waals surface area contributed by atoms with E-state index in [0.29, 0.717) is 37.1 Å². The molecule has 1 atom stereocenters. The van der Waals surface area contributed by atoms with Crippen LogP contribution in [0.15, 0.2) is 90.1 Å². The highest BCUT2D eigenvalue weighted by Crippen LogP contribution is 2.38. The molecule has 1 aromatic heterocycles. The van der Waals surface area contributed by atoms with Crippen molar-refractivity contribution >= 4 is 27.6 Å². The molecular formula is C31H29ClN2O4S. The van der Waals surface area contributed by atoms with Crippen LogP contribution in [0, 0.1) is 0 Å². The molecule has 3 aromatic carbocycles. The van der Waals surface area contributed by atoms with Crippen molar-refractivity contribution in [2.45, 2.75) is 49.5 Å². The van der Waals surface area contributed by atoms with Gasteiger partial charge in [0.05, 0.1) is 4.90 Å². The second-order valence-electron chi connectivity index (χ2n) is 9.84. The SMILES string of the molecule is O=C(O)CCc1c2c(cc(Cc3cccnc3)c1-c1ccccc1)CC(NS(=O)(=O)c1ccc(Cl)cc1)CC2. The topological polar surface area (TPSA) is 96.4 Å². The van der Waals surface area contributed by atoms with Gasteiger partial charge < -0.3 is 5.11 Å². The number of hydrogen-bond acceptors (Lipinski definition) is 4. The Labute approximate surface area is 233 Å². The van der Waals surface area contributed by atoms with Crippen LogP contribution in [0.3, 0.4) is 0 Å². The molecule has 200 valence electrons. The monoisotopic (exact) mass is 560 g/mol. The van der Waals surface area contributed by atoms with Gasteiger partial charge in [-0.05, 0) is 101 Å². The zero-order valence-electron chi connectivity index (χ0n) is 21.3. The number of nitrogens with one attached hydrogen (secondary N) is 1. The van der Waals surface area contributed by atoms with Crippen LogP contribution in [-0.4, -0.2) is 30.5 Å². The molecule has 4 aromatic rings. The van der Waals surface area contributed by atoms with Gasteiger partial charge in [-0.1, -0.05) is 54.1 Å². The minimum absolute atomic E-state index is 0.0231. The lowest BCUT2D eigenvalue weighted by Crippen LogP contribution is -2.39. The summed E-state index contributed by atoms with van der Waals surface area (Å²) in [5, 5.41) is 10.0. The number of aromatic nitrogens is 1. The summed E-state index contributed by atoms with van der Waals surface area (Å²) >= 11 is 5.94. The molecule has 2 N–H and O–H groups in total. The van der Waals surface area contributed by atoms with E-state index in [1.807, 2.05) is 36.5 Å². The van der Waals surface area contributed by atoms with Gasteiger partial charge in [0.15, 0.2) is 0 Å². The molecule has 0 saturated carbocycles. The quantitative estimate of drug-likeness (QED) is 0.268. The highest BCUT2D eigenvalue weighted by Gasteiger charge is 2.28. The Balaban J connectivity index is 1.56. The van der Waals surface area contributed by atoms with Gasteiger partial charge >= 0.3 is 5.97 Å². The Kier molecular flexibility index (Phi) is 8.12. The second-order valence-corrected chi connectivity index (χ2v) is 12.0. The van der Waals surface area contributed by atoms with Crippen LogP contribution in [0.5, 0.6) is 0 Å².